The number of hydrogen-bond acceptors (Lipinski definition) is 4. The number of amides is 1. The van der Waals surface area contributed by atoms with E-state index in [4.69, 9.17) is 21.1 Å². The zero-order valence-electron chi connectivity index (χ0n) is 16.2. The van der Waals surface area contributed by atoms with Crippen molar-refractivity contribution in [3.63, 3.8) is 0 Å². The van der Waals surface area contributed by atoms with Crippen molar-refractivity contribution in [1.82, 2.24) is 10.2 Å². The van der Waals surface area contributed by atoms with E-state index in [1.54, 1.807) is 13.2 Å². The highest BCUT2D eigenvalue weighted by Gasteiger charge is 2.36. The minimum Gasteiger partial charge on any atom is -0.491 e. The van der Waals surface area contributed by atoms with Gasteiger partial charge in [0.1, 0.15) is 18.0 Å². The molecule has 2 aromatic rings. The smallest absolute Gasteiger partial charge is 0.234 e. The predicted octanol–water partition coefficient (Wildman–Crippen LogP) is 3.52. The Bertz CT molecular complexity index is 761. The molecule has 0 radical (unpaired) electrons. The van der Waals surface area contributed by atoms with Crippen molar-refractivity contribution in [2.45, 2.75) is 25.0 Å². The van der Waals surface area contributed by atoms with Crippen LogP contribution in [0.25, 0.3) is 0 Å². The van der Waals surface area contributed by atoms with Gasteiger partial charge in [-0.15, -0.1) is 0 Å². The number of rotatable bonds is 8. The predicted molar refractivity (Wildman–Crippen MR) is 111 cm³/mol. The SMILES string of the molecule is COC1(COc2cccc(Cl)c2)CCN(CC(=O)NCc2ccccc2)CC1. The molecule has 0 atom stereocenters. The fourth-order valence-electron chi connectivity index (χ4n) is 3.35. The number of piperidine rings is 1. The number of halogens is 1. The summed E-state index contributed by atoms with van der Waals surface area (Å²) in [5, 5.41) is 3.64. The first-order chi connectivity index (χ1) is 13.6. The molecule has 1 heterocycles. The Balaban J connectivity index is 1.43. The van der Waals surface area contributed by atoms with Crippen LogP contribution in [0.5, 0.6) is 5.75 Å². The lowest BCUT2D eigenvalue weighted by molar-refractivity contribution is -0.125. The topological polar surface area (TPSA) is 50.8 Å². The van der Waals surface area contributed by atoms with Crippen LogP contribution in [0.15, 0.2) is 54.6 Å². The summed E-state index contributed by atoms with van der Waals surface area (Å²) >= 11 is 6.01. The zero-order valence-corrected chi connectivity index (χ0v) is 17.0. The Morgan fingerprint density at radius 2 is 1.89 bits per heavy atom. The minimum atomic E-state index is -0.334. The number of benzene rings is 2. The number of carbonyl (C=O) groups is 1. The molecule has 0 aliphatic carbocycles. The summed E-state index contributed by atoms with van der Waals surface area (Å²) in [5.41, 5.74) is 0.769. The summed E-state index contributed by atoms with van der Waals surface area (Å²) in [6, 6.07) is 17.3. The summed E-state index contributed by atoms with van der Waals surface area (Å²) in [6.07, 6.45) is 1.63. The maximum atomic E-state index is 12.2. The second-order valence-corrected chi connectivity index (χ2v) is 7.61. The molecular weight excluding hydrogens is 376 g/mol. The Labute approximate surface area is 171 Å². The third-order valence-electron chi connectivity index (χ3n) is 5.20. The highest BCUT2D eigenvalue weighted by molar-refractivity contribution is 6.30. The van der Waals surface area contributed by atoms with Gasteiger partial charge in [-0.25, -0.2) is 0 Å². The van der Waals surface area contributed by atoms with Crippen molar-refractivity contribution in [2.75, 3.05) is 33.4 Å². The lowest BCUT2D eigenvalue weighted by Crippen LogP contribution is -2.51. The Hall–Kier alpha value is -2.08. The molecule has 3 rings (SSSR count). The van der Waals surface area contributed by atoms with Gasteiger partial charge >= 0.3 is 0 Å². The molecule has 1 amide bonds. The van der Waals surface area contributed by atoms with E-state index >= 15 is 0 Å². The number of nitrogens with one attached hydrogen (secondary N) is 1. The van der Waals surface area contributed by atoms with Crippen LogP contribution in [-0.2, 0) is 16.1 Å². The van der Waals surface area contributed by atoms with Gasteiger partial charge < -0.3 is 14.8 Å². The number of carbonyl (C=O) groups excluding carboxylic acids is 1. The maximum absolute atomic E-state index is 12.2. The first-order valence-electron chi connectivity index (χ1n) is 9.55. The van der Waals surface area contributed by atoms with Gasteiger partial charge in [-0.05, 0) is 36.6 Å². The number of likely N-dealkylation sites (tertiary alicyclic amines) is 1. The molecule has 0 saturated carbocycles. The monoisotopic (exact) mass is 402 g/mol. The molecule has 28 heavy (non-hydrogen) atoms. The number of methoxy groups -OCH3 is 1. The Morgan fingerprint density at radius 3 is 2.57 bits per heavy atom. The Morgan fingerprint density at radius 1 is 1.14 bits per heavy atom. The minimum absolute atomic E-state index is 0.0453. The molecule has 1 saturated heterocycles. The van der Waals surface area contributed by atoms with Crippen LogP contribution in [0.1, 0.15) is 18.4 Å². The van der Waals surface area contributed by atoms with Gasteiger partial charge in [0.15, 0.2) is 0 Å². The summed E-state index contributed by atoms with van der Waals surface area (Å²) < 4.78 is 11.7. The molecule has 1 fully saturated rings. The molecule has 1 N–H and O–H groups in total. The summed E-state index contributed by atoms with van der Waals surface area (Å²) in [4.78, 5) is 14.4. The second-order valence-electron chi connectivity index (χ2n) is 7.17. The largest absolute Gasteiger partial charge is 0.491 e. The van der Waals surface area contributed by atoms with Crippen LogP contribution in [0.4, 0.5) is 0 Å². The van der Waals surface area contributed by atoms with Crippen LogP contribution in [0.3, 0.4) is 0 Å². The standard InChI is InChI=1S/C22H27ClN2O3/c1-27-22(17-28-20-9-5-8-19(23)14-20)10-12-25(13-11-22)16-21(26)24-15-18-6-3-2-4-7-18/h2-9,14H,10-13,15-17H2,1H3,(H,24,26). The normalized spacial score (nSPS) is 16.5. The van der Waals surface area contributed by atoms with Crippen molar-refractivity contribution in [3.05, 3.63) is 65.2 Å². The average molecular weight is 403 g/mol. The fraction of sp³-hybridized carbons (Fsp3) is 0.409. The van der Waals surface area contributed by atoms with Crippen molar-refractivity contribution >= 4 is 17.5 Å². The van der Waals surface area contributed by atoms with Gasteiger partial charge in [-0.2, -0.15) is 0 Å². The highest BCUT2D eigenvalue weighted by Crippen LogP contribution is 2.27. The molecular formula is C22H27ClN2O3. The lowest BCUT2D eigenvalue weighted by Gasteiger charge is -2.40. The van der Waals surface area contributed by atoms with Gasteiger partial charge in [-0.3, -0.25) is 9.69 Å². The van der Waals surface area contributed by atoms with Crippen molar-refractivity contribution < 1.29 is 14.3 Å². The zero-order chi connectivity index (χ0) is 19.8. The number of hydrogen-bond donors (Lipinski definition) is 1. The van der Waals surface area contributed by atoms with Gasteiger partial charge in [0.25, 0.3) is 0 Å². The Kier molecular flexibility index (Phi) is 7.31. The fourth-order valence-corrected chi connectivity index (χ4v) is 3.53. The van der Waals surface area contributed by atoms with E-state index in [9.17, 15) is 4.79 Å². The first-order valence-corrected chi connectivity index (χ1v) is 9.93. The molecule has 0 bridgehead atoms. The van der Waals surface area contributed by atoms with Crippen molar-refractivity contribution in [3.8, 4) is 5.75 Å². The second kappa shape index (κ2) is 9.92. The summed E-state index contributed by atoms with van der Waals surface area (Å²) in [5.74, 6) is 0.788. The van der Waals surface area contributed by atoms with Gasteiger partial charge in [0, 0.05) is 31.8 Å². The van der Waals surface area contributed by atoms with Crippen LogP contribution in [0, 0.1) is 0 Å². The van der Waals surface area contributed by atoms with Gasteiger partial charge in [0.2, 0.25) is 5.91 Å². The molecule has 0 aromatic heterocycles. The van der Waals surface area contributed by atoms with Gasteiger partial charge in [0.05, 0.1) is 6.54 Å². The van der Waals surface area contributed by atoms with Crippen molar-refractivity contribution in [2.24, 2.45) is 0 Å². The first kappa shape index (κ1) is 20.6. The van der Waals surface area contributed by atoms with Crippen LogP contribution < -0.4 is 10.1 Å². The van der Waals surface area contributed by atoms with E-state index in [0.29, 0.717) is 24.7 Å². The molecule has 0 spiro atoms. The van der Waals surface area contributed by atoms with E-state index in [1.165, 1.54) is 0 Å². The van der Waals surface area contributed by atoms with Crippen LogP contribution in [0.2, 0.25) is 5.02 Å². The average Bonchev–Trinajstić information content (AvgIpc) is 2.73. The van der Waals surface area contributed by atoms with E-state index in [1.807, 2.05) is 48.5 Å². The highest BCUT2D eigenvalue weighted by atomic mass is 35.5. The quantitative estimate of drug-likeness (QED) is 0.734. The third-order valence-corrected chi connectivity index (χ3v) is 5.43. The lowest BCUT2D eigenvalue weighted by atomic mass is 9.92. The van der Waals surface area contributed by atoms with Crippen molar-refractivity contribution in [1.29, 1.82) is 0 Å². The molecule has 5 nitrogen and oxygen atoms in total. The molecule has 1 aliphatic rings. The summed E-state index contributed by atoms with van der Waals surface area (Å²) in [6.45, 7) is 3.03. The number of ether oxygens (including phenoxy) is 2. The summed E-state index contributed by atoms with van der Waals surface area (Å²) in [7, 11) is 1.73. The van der Waals surface area contributed by atoms with Gasteiger partial charge in [-0.1, -0.05) is 48.0 Å². The van der Waals surface area contributed by atoms with Crippen LogP contribution >= 0.6 is 11.6 Å². The molecule has 150 valence electrons. The number of nitrogens with zero attached hydrogens (tertiary/aromatic N) is 1. The molecule has 0 unspecified atom stereocenters. The van der Waals surface area contributed by atoms with E-state index in [2.05, 4.69) is 10.2 Å². The van der Waals surface area contributed by atoms with E-state index in [-0.39, 0.29) is 11.5 Å². The third kappa shape index (κ3) is 5.96. The van der Waals surface area contributed by atoms with E-state index < -0.39 is 0 Å². The van der Waals surface area contributed by atoms with E-state index in [0.717, 1.165) is 37.2 Å². The molecule has 1 aliphatic heterocycles. The molecule has 6 heteroatoms. The van der Waals surface area contributed by atoms with Crippen LogP contribution in [-0.4, -0.2) is 49.8 Å². The maximum Gasteiger partial charge on any atom is 0.234 e. The molecule has 2 aromatic carbocycles.